The Morgan fingerprint density at radius 1 is 1.14 bits per heavy atom. The van der Waals surface area contributed by atoms with E-state index in [2.05, 4.69) is 10.6 Å². The molecule has 22 heavy (non-hydrogen) atoms. The largest absolute Gasteiger partial charge is 0.492 e. The molecule has 7 nitrogen and oxygen atoms in total. The van der Waals surface area contributed by atoms with Gasteiger partial charge < -0.3 is 14.9 Å². The Morgan fingerprint density at radius 3 is 2.18 bits per heavy atom. The minimum Gasteiger partial charge on any atom is -0.492 e. The molecule has 4 N–H and O–H groups in total. The van der Waals surface area contributed by atoms with E-state index in [1.54, 1.807) is 6.07 Å². The average Bonchev–Trinajstić information content (AvgIpc) is 2.42. The van der Waals surface area contributed by atoms with Crippen molar-refractivity contribution in [1.82, 2.24) is 0 Å². The number of anilines is 2. The van der Waals surface area contributed by atoms with Crippen molar-refractivity contribution < 1.29 is 24.5 Å². The fourth-order valence-electron chi connectivity index (χ4n) is 2.12. The van der Waals surface area contributed by atoms with Gasteiger partial charge in [0.25, 0.3) is 0 Å². The Bertz CT molecular complexity index is 566. The van der Waals surface area contributed by atoms with Gasteiger partial charge in [-0.05, 0) is 30.0 Å². The number of amides is 2. The predicted octanol–water partition coefficient (Wildman–Crippen LogP) is 3.44. The number of rotatable bonds is 7. The number of aryl methyl sites for hydroxylation is 1. The molecule has 1 rings (SSSR count). The molecule has 0 aliphatic rings. The van der Waals surface area contributed by atoms with Crippen LogP contribution in [0, 0.1) is 0 Å². The predicted molar refractivity (Wildman–Crippen MR) is 85.1 cm³/mol. The van der Waals surface area contributed by atoms with Crippen molar-refractivity contribution in [2.45, 2.75) is 12.8 Å². The van der Waals surface area contributed by atoms with E-state index >= 15 is 0 Å². The molecule has 9 heteroatoms. The maximum atomic E-state index is 11.0. The molecule has 0 fully saturated rings. The normalized spacial score (nSPS) is 10.1. The van der Waals surface area contributed by atoms with E-state index < -0.39 is 12.2 Å². The van der Waals surface area contributed by atoms with Crippen molar-refractivity contribution in [3.63, 3.8) is 0 Å². The maximum absolute atomic E-state index is 11.0. The number of carboxylic acid groups (broad SMARTS) is 2. The van der Waals surface area contributed by atoms with E-state index in [1.165, 1.54) is 7.11 Å². The van der Waals surface area contributed by atoms with Crippen LogP contribution in [0.4, 0.5) is 21.0 Å². The maximum Gasteiger partial charge on any atom is 0.409 e. The number of benzene rings is 1. The zero-order chi connectivity index (χ0) is 16.7. The molecule has 0 aliphatic heterocycles. The third kappa shape index (κ3) is 4.57. The SMILES string of the molecule is COc1c(NC(=O)O)cc(CCCl)c(CCCl)c1NC(=O)O. The smallest absolute Gasteiger partial charge is 0.409 e. The van der Waals surface area contributed by atoms with Gasteiger partial charge >= 0.3 is 12.2 Å². The first-order valence-electron chi connectivity index (χ1n) is 6.29. The Morgan fingerprint density at radius 2 is 1.73 bits per heavy atom. The van der Waals surface area contributed by atoms with Gasteiger partial charge in [-0.3, -0.25) is 10.6 Å². The van der Waals surface area contributed by atoms with Crippen LogP contribution in [0.25, 0.3) is 0 Å². The third-order valence-corrected chi connectivity index (χ3v) is 3.24. The summed E-state index contributed by atoms with van der Waals surface area (Å²) in [4.78, 5) is 21.9. The van der Waals surface area contributed by atoms with Crippen LogP contribution < -0.4 is 15.4 Å². The van der Waals surface area contributed by atoms with Gasteiger partial charge in [0, 0.05) is 11.8 Å². The minimum absolute atomic E-state index is 0.0863. The molecule has 0 aromatic heterocycles. The molecule has 122 valence electrons. The quantitative estimate of drug-likeness (QED) is 0.563. The average molecular weight is 351 g/mol. The van der Waals surface area contributed by atoms with Crippen molar-refractivity contribution in [3.8, 4) is 5.75 Å². The van der Waals surface area contributed by atoms with Gasteiger partial charge in [0.15, 0.2) is 5.75 Å². The van der Waals surface area contributed by atoms with Crippen molar-refractivity contribution in [3.05, 3.63) is 17.2 Å². The summed E-state index contributed by atoms with van der Waals surface area (Å²) in [6, 6.07) is 1.57. The number of hydrogen-bond acceptors (Lipinski definition) is 3. The van der Waals surface area contributed by atoms with E-state index in [1.807, 2.05) is 0 Å². The molecule has 0 saturated heterocycles. The van der Waals surface area contributed by atoms with Crippen LogP contribution >= 0.6 is 23.2 Å². The summed E-state index contributed by atoms with van der Waals surface area (Å²) in [5.74, 6) is 0.641. The number of carbonyl (C=O) groups is 2. The summed E-state index contributed by atoms with van der Waals surface area (Å²) in [6.45, 7) is 0. The van der Waals surface area contributed by atoms with Gasteiger partial charge in [-0.15, -0.1) is 23.2 Å². The number of halogens is 2. The second-order valence-electron chi connectivity index (χ2n) is 4.21. The molecule has 0 aliphatic carbocycles. The summed E-state index contributed by atoms with van der Waals surface area (Å²) >= 11 is 11.5. The Hall–Kier alpha value is -1.86. The standard InChI is InChI=1S/C13H16Cl2N2O5/c1-22-11-9(16-12(18)19)6-7(2-4-14)8(3-5-15)10(11)17-13(20)21/h6,16-17H,2-5H2,1H3,(H,18,19)(H,20,21). The molecule has 0 unspecified atom stereocenters. The van der Waals surface area contributed by atoms with Gasteiger partial charge in [-0.25, -0.2) is 9.59 Å². The zero-order valence-corrected chi connectivity index (χ0v) is 13.3. The van der Waals surface area contributed by atoms with Crippen molar-refractivity contribution in [2.75, 3.05) is 29.5 Å². The summed E-state index contributed by atoms with van der Waals surface area (Å²) < 4.78 is 5.17. The lowest BCUT2D eigenvalue weighted by molar-refractivity contribution is 0.208. The molecule has 0 spiro atoms. The highest BCUT2D eigenvalue weighted by Gasteiger charge is 2.21. The number of hydrogen-bond donors (Lipinski definition) is 4. The van der Waals surface area contributed by atoms with Gasteiger partial charge in [-0.1, -0.05) is 0 Å². The van der Waals surface area contributed by atoms with E-state index in [9.17, 15) is 9.59 Å². The van der Waals surface area contributed by atoms with Crippen LogP contribution in [0.2, 0.25) is 0 Å². The molecular weight excluding hydrogens is 335 g/mol. The van der Waals surface area contributed by atoms with Crippen LogP contribution in [0.15, 0.2) is 6.07 Å². The fraction of sp³-hybridized carbons (Fsp3) is 0.385. The highest BCUT2D eigenvalue weighted by molar-refractivity contribution is 6.18. The lowest BCUT2D eigenvalue weighted by Crippen LogP contribution is -2.16. The van der Waals surface area contributed by atoms with Crippen LogP contribution in [-0.4, -0.2) is 41.3 Å². The Labute approximate surface area is 137 Å². The van der Waals surface area contributed by atoms with Gasteiger partial charge in [0.05, 0.1) is 18.5 Å². The van der Waals surface area contributed by atoms with Gasteiger partial charge in [-0.2, -0.15) is 0 Å². The monoisotopic (exact) mass is 350 g/mol. The fourth-order valence-corrected chi connectivity index (χ4v) is 2.52. The van der Waals surface area contributed by atoms with Crippen molar-refractivity contribution in [1.29, 1.82) is 0 Å². The zero-order valence-electron chi connectivity index (χ0n) is 11.8. The number of alkyl halides is 2. The molecule has 0 radical (unpaired) electrons. The highest BCUT2D eigenvalue weighted by Crippen LogP contribution is 2.39. The first-order valence-corrected chi connectivity index (χ1v) is 7.36. The lowest BCUT2D eigenvalue weighted by Gasteiger charge is -2.20. The molecule has 2 amide bonds. The summed E-state index contributed by atoms with van der Waals surface area (Å²) in [7, 11) is 1.32. The second kappa shape index (κ2) is 8.55. The summed E-state index contributed by atoms with van der Waals surface area (Å²) in [6.07, 6.45) is -1.77. The molecule has 0 bridgehead atoms. The van der Waals surface area contributed by atoms with E-state index in [0.717, 1.165) is 0 Å². The van der Waals surface area contributed by atoms with Gasteiger partial charge in [0.1, 0.15) is 0 Å². The number of ether oxygens (including phenoxy) is 1. The van der Waals surface area contributed by atoms with Crippen LogP contribution in [0.1, 0.15) is 11.1 Å². The van der Waals surface area contributed by atoms with E-state index in [0.29, 0.717) is 29.8 Å². The van der Waals surface area contributed by atoms with Gasteiger partial charge in [0.2, 0.25) is 0 Å². The van der Waals surface area contributed by atoms with Crippen molar-refractivity contribution >= 4 is 46.8 Å². The number of nitrogens with one attached hydrogen (secondary N) is 2. The van der Waals surface area contributed by atoms with Crippen LogP contribution in [0.5, 0.6) is 5.75 Å². The topological polar surface area (TPSA) is 108 Å². The minimum atomic E-state index is -1.29. The molecule has 0 atom stereocenters. The first-order chi connectivity index (χ1) is 10.4. The molecule has 0 heterocycles. The first kappa shape index (κ1) is 18.2. The van der Waals surface area contributed by atoms with Crippen molar-refractivity contribution in [2.24, 2.45) is 0 Å². The molecular formula is C13H16Cl2N2O5. The highest BCUT2D eigenvalue weighted by atomic mass is 35.5. The Balaban J connectivity index is 3.56. The molecule has 1 aromatic rings. The molecule has 1 aromatic carbocycles. The second-order valence-corrected chi connectivity index (χ2v) is 4.96. The lowest BCUT2D eigenvalue weighted by atomic mass is 9.98. The summed E-state index contributed by atoms with van der Waals surface area (Å²) in [5, 5.41) is 22.3. The Kier molecular flexibility index (Phi) is 7.07. The van der Waals surface area contributed by atoms with E-state index in [-0.39, 0.29) is 23.0 Å². The molecule has 0 saturated carbocycles. The van der Waals surface area contributed by atoms with E-state index in [4.69, 9.17) is 38.2 Å². The summed E-state index contributed by atoms with van der Waals surface area (Å²) in [5.41, 5.74) is 1.63. The third-order valence-electron chi connectivity index (χ3n) is 2.87. The van der Waals surface area contributed by atoms with Crippen LogP contribution in [0.3, 0.4) is 0 Å². The van der Waals surface area contributed by atoms with Crippen LogP contribution in [-0.2, 0) is 12.8 Å². The number of methoxy groups -OCH3 is 1.